The number of hydrogen-bond acceptors (Lipinski definition) is 5. The van der Waals surface area contributed by atoms with Gasteiger partial charge in [-0.05, 0) is 53.0 Å². The molecule has 0 bridgehead atoms. The van der Waals surface area contributed by atoms with Crippen molar-refractivity contribution in [1.29, 1.82) is 0 Å². The number of pyridine rings is 2. The van der Waals surface area contributed by atoms with Crippen molar-refractivity contribution in [3.63, 3.8) is 0 Å². The number of ether oxygens (including phenoxy) is 1. The number of nitrogens with two attached hydrogens (primary N) is 1. The zero-order valence-corrected chi connectivity index (χ0v) is 13.0. The van der Waals surface area contributed by atoms with Gasteiger partial charge in [-0.3, -0.25) is 15.8 Å². The maximum atomic E-state index is 5.68. The molecule has 0 spiro atoms. The predicted octanol–water partition coefficient (Wildman–Crippen LogP) is 2.58. The highest BCUT2D eigenvalue weighted by Crippen LogP contribution is 2.25. The monoisotopic (exact) mass is 336 g/mol. The van der Waals surface area contributed by atoms with Gasteiger partial charge in [0.1, 0.15) is 5.75 Å². The van der Waals surface area contributed by atoms with Gasteiger partial charge in [-0.1, -0.05) is 0 Å². The van der Waals surface area contributed by atoms with Gasteiger partial charge in [-0.2, -0.15) is 0 Å². The summed E-state index contributed by atoms with van der Waals surface area (Å²) in [6.45, 7) is 3.95. The lowest BCUT2D eigenvalue weighted by molar-refractivity contribution is 0.241. The van der Waals surface area contributed by atoms with E-state index in [4.69, 9.17) is 10.6 Å². The van der Waals surface area contributed by atoms with Gasteiger partial charge in [0.15, 0.2) is 0 Å². The maximum absolute atomic E-state index is 5.68. The highest BCUT2D eigenvalue weighted by molar-refractivity contribution is 9.10. The van der Waals surface area contributed by atoms with Crippen LogP contribution < -0.4 is 16.0 Å². The molecule has 1 atom stereocenters. The Hall–Kier alpha value is -1.50. The van der Waals surface area contributed by atoms with Crippen LogP contribution in [-0.4, -0.2) is 16.1 Å². The largest absolute Gasteiger partial charge is 0.489 e. The van der Waals surface area contributed by atoms with Gasteiger partial charge in [0.25, 0.3) is 0 Å². The number of hydrogen-bond donors (Lipinski definition) is 2. The van der Waals surface area contributed by atoms with Crippen molar-refractivity contribution in [2.45, 2.75) is 26.0 Å². The third-order valence-electron chi connectivity index (χ3n) is 2.67. The van der Waals surface area contributed by atoms with Crippen LogP contribution in [0, 0.1) is 0 Å². The average molecular weight is 337 g/mol. The first-order valence-corrected chi connectivity index (χ1v) is 7.07. The van der Waals surface area contributed by atoms with Crippen LogP contribution in [-0.2, 0) is 0 Å². The topological polar surface area (TPSA) is 73.1 Å². The lowest BCUT2D eigenvalue weighted by atomic mass is 10.0. The lowest BCUT2D eigenvalue weighted by Gasteiger charge is -2.18. The summed E-state index contributed by atoms with van der Waals surface area (Å²) in [5.74, 6) is 6.40. The second-order valence-corrected chi connectivity index (χ2v) is 5.57. The number of rotatable bonds is 5. The van der Waals surface area contributed by atoms with Crippen LogP contribution in [0.15, 0.2) is 41.4 Å². The molecule has 2 rings (SSSR count). The highest BCUT2D eigenvalue weighted by atomic mass is 79.9. The molecule has 2 aromatic rings. The summed E-state index contributed by atoms with van der Waals surface area (Å²) in [5.41, 5.74) is 4.66. The molecule has 0 aromatic carbocycles. The Morgan fingerprint density at radius 2 is 1.75 bits per heavy atom. The van der Waals surface area contributed by atoms with Crippen molar-refractivity contribution in [2.75, 3.05) is 0 Å². The summed E-state index contributed by atoms with van der Waals surface area (Å²) in [4.78, 5) is 8.36. The summed E-state index contributed by atoms with van der Waals surface area (Å²) in [7, 11) is 0. The van der Waals surface area contributed by atoms with Gasteiger partial charge < -0.3 is 4.74 Å². The van der Waals surface area contributed by atoms with Crippen LogP contribution in [0.2, 0.25) is 0 Å². The van der Waals surface area contributed by atoms with Crippen molar-refractivity contribution in [3.05, 3.63) is 52.5 Å². The van der Waals surface area contributed by atoms with E-state index in [9.17, 15) is 0 Å². The lowest BCUT2D eigenvalue weighted by Crippen LogP contribution is -2.29. The van der Waals surface area contributed by atoms with E-state index >= 15 is 0 Å². The summed E-state index contributed by atoms with van der Waals surface area (Å²) in [6, 6.07) is 3.70. The highest BCUT2D eigenvalue weighted by Gasteiger charge is 2.14. The first-order chi connectivity index (χ1) is 9.60. The fourth-order valence-corrected chi connectivity index (χ4v) is 2.28. The van der Waals surface area contributed by atoms with Crippen LogP contribution in [0.25, 0.3) is 0 Å². The van der Waals surface area contributed by atoms with Crippen molar-refractivity contribution in [2.24, 2.45) is 5.84 Å². The fraction of sp³-hybridized carbons (Fsp3) is 0.286. The van der Waals surface area contributed by atoms with Crippen LogP contribution in [0.4, 0.5) is 0 Å². The molecule has 0 aliphatic carbocycles. The van der Waals surface area contributed by atoms with Gasteiger partial charge in [0, 0.05) is 23.1 Å². The molecule has 2 aromatic heterocycles. The molecule has 2 heterocycles. The molecule has 106 valence electrons. The summed E-state index contributed by atoms with van der Waals surface area (Å²) < 4.78 is 6.55. The zero-order chi connectivity index (χ0) is 14.5. The summed E-state index contributed by atoms with van der Waals surface area (Å²) in [6.07, 6.45) is 7.05. The van der Waals surface area contributed by atoms with E-state index in [-0.39, 0.29) is 12.1 Å². The molecular weight excluding hydrogens is 320 g/mol. The number of aromatic nitrogens is 2. The smallest absolute Gasteiger partial charge is 0.138 e. The molecule has 5 nitrogen and oxygen atoms in total. The third kappa shape index (κ3) is 3.75. The van der Waals surface area contributed by atoms with Crippen LogP contribution in [0.1, 0.15) is 31.0 Å². The van der Waals surface area contributed by atoms with Crippen LogP contribution in [0.5, 0.6) is 5.75 Å². The molecule has 0 aliphatic rings. The molecule has 3 N–H and O–H groups in total. The maximum Gasteiger partial charge on any atom is 0.138 e. The quantitative estimate of drug-likeness (QED) is 0.648. The Labute approximate surface area is 126 Å². The van der Waals surface area contributed by atoms with Crippen molar-refractivity contribution in [3.8, 4) is 5.75 Å². The molecular formula is C14H17BrN4O. The first-order valence-electron chi connectivity index (χ1n) is 6.28. The molecule has 1 unspecified atom stereocenters. The average Bonchev–Trinajstić information content (AvgIpc) is 2.39. The molecule has 20 heavy (non-hydrogen) atoms. The van der Waals surface area contributed by atoms with Gasteiger partial charge in [-0.15, -0.1) is 0 Å². The van der Waals surface area contributed by atoms with E-state index in [1.54, 1.807) is 24.8 Å². The second-order valence-electron chi connectivity index (χ2n) is 4.66. The SMILES string of the molecule is CC(C)Oc1cncc(C(NN)c2cncc(Br)c2)c1. The molecule has 0 fully saturated rings. The number of hydrazine groups is 1. The van der Waals surface area contributed by atoms with Crippen LogP contribution >= 0.6 is 15.9 Å². The second kappa shape index (κ2) is 6.78. The molecule has 0 radical (unpaired) electrons. The van der Waals surface area contributed by atoms with Crippen LogP contribution in [0.3, 0.4) is 0 Å². The van der Waals surface area contributed by atoms with E-state index < -0.39 is 0 Å². The molecule has 0 aliphatic heterocycles. The fourth-order valence-electron chi connectivity index (χ4n) is 1.90. The third-order valence-corrected chi connectivity index (χ3v) is 3.10. The van der Waals surface area contributed by atoms with Gasteiger partial charge in [0.2, 0.25) is 0 Å². The van der Waals surface area contributed by atoms with Crippen molar-refractivity contribution >= 4 is 15.9 Å². The molecule has 6 heteroatoms. The Bertz CT molecular complexity index is 577. The van der Waals surface area contributed by atoms with E-state index in [0.29, 0.717) is 0 Å². The van der Waals surface area contributed by atoms with E-state index in [2.05, 4.69) is 31.3 Å². The van der Waals surface area contributed by atoms with Gasteiger partial charge in [-0.25, -0.2) is 5.43 Å². The van der Waals surface area contributed by atoms with E-state index in [1.807, 2.05) is 26.0 Å². The Morgan fingerprint density at radius 3 is 2.35 bits per heavy atom. The number of nitrogens with zero attached hydrogens (tertiary/aromatic N) is 2. The Morgan fingerprint density at radius 1 is 1.10 bits per heavy atom. The Kier molecular flexibility index (Phi) is 5.05. The van der Waals surface area contributed by atoms with E-state index in [0.717, 1.165) is 21.3 Å². The zero-order valence-electron chi connectivity index (χ0n) is 11.4. The standard InChI is InChI=1S/C14H17BrN4O/c1-9(2)20-13-4-11(6-18-8-13)14(19-16)10-3-12(15)7-17-5-10/h3-9,14,19H,16H2,1-2H3. The minimum atomic E-state index is -0.191. The minimum Gasteiger partial charge on any atom is -0.489 e. The summed E-state index contributed by atoms with van der Waals surface area (Å²) >= 11 is 3.41. The van der Waals surface area contributed by atoms with Gasteiger partial charge in [0.05, 0.1) is 18.3 Å². The molecule has 0 saturated carbocycles. The molecule has 0 saturated heterocycles. The van der Waals surface area contributed by atoms with Gasteiger partial charge >= 0.3 is 0 Å². The number of halogens is 1. The van der Waals surface area contributed by atoms with Crippen molar-refractivity contribution < 1.29 is 4.74 Å². The minimum absolute atomic E-state index is 0.101. The first kappa shape index (κ1) is 14.9. The summed E-state index contributed by atoms with van der Waals surface area (Å²) in [5, 5.41) is 0. The Balaban J connectivity index is 2.32. The molecule has 0 amide bonds. The van der Waals surface area contributed by atoms with Crippen molar-refractivity contribution in [1.82, 2.24) is 15.4 Å². The normalized spacial score (nSPS) is 12.4. The predicted molar refractivity (Wildman–Crippen MR) is 81.1 cm³/mol. The van der Waals surface area contributed by atoms with E-state index in [1.165, 1.54) is 0 Å². The number of nitrogens with one attached hydrogen (secondary N) is 1.